The van der Waals surface area contributed by atoms with E-state index in [-0.39, 0.29) is 36.5 Å². The standard InChI is InChI=1S/2C15H19NO3.C2H6/c2*17-13-8-15(9-13)6-12(7-15)16-14(18)19-10-11-4-2-1-3-5-11;1-2/h2*1-5,12-13,17H,6-10H2,(H,16,18);1-2H3. The molecule has 2 aromatic carbocycles. The predicted molar refractivity (Wildman–Crippen MR) is 152 cm³/mol. The number of aliphatic hydroxyl groups is 2. The first-order chi connectivity index (χ1) is 19.3. The van der Waals surface area contributed by atoms with Crippen molar-refractivity contribution < 1.29 is 29.3 Å². The Balaban J connectivity index is 0.000000174. The summed E-state index contributed by atoms with van der Waals surface area (Å²) in [6, 6.07) is 19.7. The molecule has 0 atom stereocenters. The molecule has 0 unspecified atom stereocenters. The number of rotatable bonds is 6. The number of hydrogen-bond acceptors (Lipinski definition) is 6. The van der Waals surface area contributed by atoms with Crippen LogP contribution in [0.5, 0.6) is 0 Å². The minimum Gasteiger partial charge on any atom is -0.445 e. The number of aliphatic hydroxyl groups excluding tert-OH is 2. The third kappa shape index (κ3) is 7.98. The summed E-state index contributed by atoms with van der Waals surface area (Å²) in [5.74, 6) is 0. The van der Waals surface area contributed by atoms with Gasteiger partial charge in [-0.15, -0.1) is 0 Å². The molecule has 4 fully saturated rings. The van der Waals surface area contributed by atoms with Crippen molar-refractivity contribution in [1.82, 2.24) is 10.6 Å². The maximum absolute atomic E-state index is 11.6. The van der Waals surface area contributed by atoms with Gasteiger partial charge >= 0.3 is 12.2 Å². The van der Waals surface area contributed by atoms with Gasteiger partial charge in [-0.1, -0.05) is 74.5 Å². The minimum absolute atomic E-state index is 0.119. The molecule has 40 heavy (non-hydrogen) atoms. The molecule has 2 spiro atoms. The van der Waals surface area contributed by atoms with Crippen LogP contribution >= 0.6 is 0 Å². The molecule has 0 heterocycles. The van der Waals surface area contributed by atoms with Crippen molar-refractivity contribution in [3.63, 3.8) is 0 Å². The number of carbonyl (C=O) groups excluding carboxylic acids is 2. The summed E-state index contributed by atoms with van der Waals surface area (Å²) in [7, 11) is 0. The fourth-order valence-corrected chi connectivity index (χ4v) is 6.58. The zero-order valence-electron chi connectivity index (χ0n) is 23.7. The molecule has 4 N–H and O–H groups in total. The largest absolute Gasteiger partial charge is 0.445 e. The Labute approximate surface area is 237 Å². The Morgan fingerprint density at radius 1 is 0.650 bits per heavy atom. The van der Waals surface area contributed by atoms with Gasteiger partial charge in [0.1, 0.15) is 13.2 Å². The summed E-state index contributed by atoms with van der Waals surface area (Å²) in [5.41, 5.74) is 2.61. The second-order valence-electron chi connectivity index (χ2n) is 11.7. The molecular formula is C32H44N2O6. The molecule has 4 aliphatic rings. The highest BCUT2D eigenvalue weighted by Gasteiger charge is 2.53. The zero-order valence-corrected chi connectivity index (χ0v) is 23.7. The van der Waals surface area contributed by atoms with Crippen LogP contribution in [0, 0.1) is 10.8 Å². The van der Waals surface area contributed by atoms with Crippen LogP contribution < -0.4 is 10.6 Å². The van der Waals surface area contributed by atoms with Crippen LogP contribution in [-0.2, 0) is 22.7 Å². The maximum Gasteiger partial charge on any atom is 0.407 e. The molecule has 0 aliphatic heterocycles. The number of carbonyl (C=O) groups is 2. The van der Waals surface area contributed by atoms with E-state index in [0.717, 1.165) is 62.5 Å². The average Bonchev–Trinajstić information content (AvgIpc) is 2.89. The molecule has 218 valence electrons. The van der Waals surface area contributed by atoms with Crippen LogP contribution in [0.4, 0.5) is 9.59 Å². The molecule has 8 nitrogen and oxygen atoms in total. The van der Waals surface area contributed by atoms with Gasteiger partial charge in [-0.3, -0.25) is 0 Å². The SMILES string of the molecule is CC.O=C(NC1CC2(CC(O)C2)C1)OCc1ccccc1.O=C(NC1CC2(CC(O)C2)C1)OCc1ccccc1. The molecule has 0 aromatic heterocycles. The Hall–Kier alpha value is -3.10. The summed E-state index contributed by atoms with van der Waals surface area (Å²) in [4.78, 5) is 23.2. The third-order valence-corrected chi connectivity index (χ3v) is 8.46. The van der Waals surface area contributed by atoms with E-state index in [0.29, 0.717) is 24.0 Å². The van der Waals surface area contributed by atoms with Gasteiger partial charge in [0.15, 0.2) is 0 Å². The van der Waals surface area contributed by atoms with Gasteiger partial charge in [0.2, 0.25) is 0 Å². The number of hydrogen-bond donors (Lipinski definition) is 4. The lowest BCUT2D eigenvalue weighted by Gasteiger charge is -2.56. The Bertz CT molecular complexity index is 980. The van der Waals surface area contributed by atoms with Crippen LogP contribution in [0.1, 0.15) is 76.3 Å². The normalized spacial score (nSPS) is 30.8. The van der Waals surface area contributed by atoms with Crippen LogP contribution in [0.15, 0.2) is 60.7 Å². The van der Waals surface area contributed by atoms with Crippen molar-refractivity contribution in [1.29, 1.82) is 0 Å². The van der Waals surface area contributed by atoms with Crippen LogP contribution in [0.25, 0.3) is 0 Å². The minimum atomic E-state index is -0.344. The second kappa shape index (κ2) is 13.5. The quantitative estimate of drug-likeness (QED) is 0.378. The number of nitrogens with one attached hydrogen (secondary N) is 2. The maximum atomic E-state index is 11.6. The summed E-state index contributed by atoms with van der Waals surface area (Å²) in [5, 5.41) is 24.4. The summed E-state index contributed by atoms with van der Waals surface area (Å²) in [6.45, 7) is 4.62. The molecule has 4 saturated carbocycles. The van der Waals surface area contributed by atoms with Crippen molar-refractivity contribution in [3.8, 4) is 0 Å². The number of amides is 2. The molecule has 0 bridgehead atoms. The van der Waals surface area contributed by atoms with Gasteiger partial charge in [0.25, 0.3) is 0 Å². The highest BCUT2D eigenvalue weighted by Crippen LogP contribution is 2.56. The van der Waals surface area contributed by atoms with Crippen molar-refractivity contribution >= 4 is 12.2 Å². The molecule has 4 aliphatic carbocycles. The summed E-state index contributed by atoms with van der Waals surface area (Å²) < 4.78 is 10.4. The lowest BCUT2D eigenvalue weighted by Crippen LogP contribution is -2.57. The van der Waals surface area contributed by atoms with Gasteiger partial charge in [-0.05, 0) is 73.3 Å². The van der Waals surface area contributed by atoms with E-state index in [4.69, 9.17) is 9.47 Å². The molecule has 8 heteroatoms. The average molecular weight is 553 g/mol. The summed E-state index contributed by atoms with van der Waals surface area (Å²) >= 11 is 0. The van der Waals surface area contributed by atoms with Crippen molar-refractivity contribution in [2.75, 3.05) is 0 Å². The monoisotopic (exact) mass is 552 g/mol. The van der Waals surface area contributed by atoms with Gasteiger partial charge in [0.05, 0.1) is 12.2 Å². The molecular weight excluding hydrogens is 508 g/mol. The lowest BCUT2D eigenvalue weighted by atomic mass is 9.53. The topological polar surface area (TPSA) is 117 Å². The van der Waals surface area contributed by atoms with Crippen molar-refractivity contribution in [2.24, 2.45) is 10.8 Å². The van der Waals surface area contributed by atoms with Crippen LogP contribution in [0.2, 0.25) is 0 Å². The van der Waals surface area contributed by atoms with Gasteiger partial charge in [-0.25, -0.2) is 9.59 Å². The first-order valence-electron chi connectivity index (χ1n) is 14.6. The van der Waals surface area contributed by atoms with E-state index in [2.05, 4.69) is 10.6 Å². The molecule has 0 saturated heterocycles. The first kappa shape index (κ1) is 29.9. The zero-order chi connectivity index (χ0) is 28.6. The smallest absolute Gasteiger partial charge is 0.407 e. The predicted octanol–water partition coefficient (Wildman–Crippen LogP) is 5.46. The van der Waals surface area contributed by atoms with Gasteiger partial charge in [0, 0.05) is 12.1 Å². The van der Waals surface area contributed by atoms with Crippen molar-refractivity contribution in [3.05, 3.63) is 71.8 Å². The first-order valence-corrected chi connectivity index (χ1v) is 14.6. The van der Waals surface area contributed by atoms with Gasteiger partial charge in [-0.2, -0.15) is 0 Å². The van der Waals surface area contributed by atoms with E-state index < -0.39 is 0 Å². The second-order valence-corrected chi connectivity index (χ2v) is 11.7. The molecule has 2 amide bonds. The fraction of sp³-hybridized carbons (Fsp3) is 0.562. The molecule has 6 rings (SSSR count). The van der Waals surface area contributed by atoms with E-state index in [1.165, 1.54) is 0 Å². The lowest BCUT2D eigenvalue weighted by molar-refractivity contribution is -0.0963. The van der Waals surface area contributed by atoms with E-state index in [1.807, 2.05) is 74.5 Å². The van der Waals surface area contributed by atoms with Crippen LogP contribution in [0.3, 0.4) is 0 Å². The fourth-order valence-electron chi connectivity index (χ4n) is 6.58. The van der Waals surface area contributed by atoms with Crippen LogP contribution in [-0.4, -0.2) is 46.7 Å². The van der Waals surface area contributed by atoms with Gasteiger partial charge < -0.3 is 30.3 Å². The van der Waals surface area contributed by atoms with E-state index >= 15 is 0 Å². The number of ether oxygens (including phenoxy) is 2. The molecule has 2 aromatic rings. The Kier molecular flexibility index (Phi) is 10.1. The Morgan fingerprint density at radius 3 is 1.27 bits per heavy atom. The van der Waals surface area contributed by atoms with E-state index in [9.17, 15) is 19.8 Å². The molecule has 0 radical (unpaired) electrons. The highest BCUT2D eigenvalue weighted by molar-refractivity contribution is 5.68. The Morgan fingerprint density at radius 2 is 0.975 bits per heavy atom. The summed E-state index contributed by atoms with van der Waals surface area (Å²) in [6.07, 6.45) is 6.55. The third-order valence-electron chi connectivity index (χ3n) is 8.46. The highest BCUT2D eigenvalue weighted by atomic mass is 16.6. The number of benzene rings is 2. The van der Waals surface area contributed by atoms with Crippen molar-refractivity contribution in [2.45, 2.75) is 103 Å². The number of alkyl carbamates (subject to hydrolysis) is 2. The van der Waals surface area contributed by atoms with E-state index in [1.54, 1.807) is 0 Å².